The van der Waals surface area contributed by atoms with E-state index in [0.717, 1.165) is 38.5 Å². The summed E-state index contributed by atoms with van der Waals surface area (Å²) in [5.74, 6) is 0.821. The van der Waals surface area contributed by atoms with Gasteiger partial charge in [0.25, 0.3) is 0 Å². The molecule has 0 bridgehead atoms. The summed E-state index contributed by atoms with van der Waals surface area (Å²) < 4.78 is 5.39. The van der Waals surface area contributed by atoms with Crippen LogP contribution in [0.5, 0.6) is 5.75 Å². The predicted molar refractivity (Wildman–Crippen MR) is 109 cm³/mol. The molecule has 0 atom stereocenters. The monoisotopic (exact) mass is 380 g/mol. The van der Waals surface area contributed by atoms with Gasteiger partial charge in [0.2, 0.25) is 5.91 Å². The maximum Gasteiger partial charge on any atom is 0.223 e. The highest BCUT2D eigenvalue weighted by atomic mass is 16.5. The van der Waals surface area contributed by atoms with Gasteiger partial charge in [0, 0.05) is 51.1 Å². The van der Waals surface area contributed by atoms with Crippen molar-refractivity contribution in [2.75, 3.05) is 32.8 Å². The zero-order valence-electron chi connectivity index (χ0n) is 16.5. The van der Waals surface area contributed by atoms with E-state index in [0.29, 0.717) is 12.2 Å². The molecular formula is C23H28N2O3. The second-order valence-corrected chi connectivity index (χ2v) is 7.02. The molecule has 2 aromatic rings. The Morgan fingerprint density at radius 3 is 2.21 bits per heavy atom. The Bertz CT molecular complexity index is 766. The molecule has 0 radical (unpaired) electrons. The summed E-state index contributed by atoms with van der Waals surface area (Å²) in [6, 6.07) is 17.5. The standard InChI is InChI=1S/C23H28N2O3/c1-2-28-21-10-8-20(9-11-21)22(26)12-13-23(27)25-16-14-24(15-17-25)18-19-6-4-3-5-7-19/h3-11H,2,12-18H2,1H3. The Balaban J connectivity index is 1.41. The van der Waals surface area contributed by atoms with Crippen molar-refractivity contribution in [1.29, 1.82) is 0 Å². The quantitative estimate of drug-likeness (QED) is 0.659. The van der Waals surface area contributed by atoms with Crippen molar-refractivity contribution in [2.45, 2.75) is 26.3 Å². The number of hydrogen-bond donors (Lipinski definition) is 0. The van der Waals surface area contributed by atoms with Crippen LogP contribution in [-0.2, 0) is 11.3 Å². The first-order valence-electron chi connectivity index (χ1n) is 9.96. The number of rotatable bonds is 8. The number of nitrogens with zero attached hydrogens (tertiary/aromatic N) is 2. The largest absolute Gasteiger partial charge is 0.494 e. The summed E-state index contributed by atoms with van der Waals surface area (Å²) in [5.41, 5.74) is 1.92. The minimum Gasteiger partial charge on any atom is -0.494 e. The fourth-order valence-corrected chi connectivity index (χ4v) is 3.42. The van der Waals surface area contributed by atoms with Gasteiger partial charge in [-0.05, 0) is 36.8 Å². The Hall–Kier alpha value is -2.66. The van der Waals surface area contributed by atoms with Crippen LogP contribution in [-0.4, -0.2) is 54.3 Å². The molecule has 28 heavy (non-hydrogen) atoms. The smallest absolute Gasteiger partial charge is 0.223 e. The summed E-state index contributed by atoms with van der Waals surface area (Å²) in [5, 5.41) is 0. The van der Waals surface area contributed by atoms with Crippen LogP contribution in [0.3, 0.4) is 0 Å². The average molecular weight is 380 g/mol. The van der Waals surface area contributed by atoms with Crippen LogP contribution in [0.2, 0.25) is 0 Å². The third kappa shape index (κ3) is 5.67. The van der Waals surface area contributed by atoms with Crippen LogP contribution >= 0.6 is 0 Å². The van der Waals surface area contributed by atoms with E-state index in [1.54, 1.807) is 24.3 Å². The summed E-state index contributed by atoms with van der Waals surface area (Å²) in [4.78, 5) is 29.1. The van der Waals surface area contributed by atoms with Gasteiger partial charge < -0.3 is 9.64 Å². The van der Waals surface area contributed by atoms with Gasteiger partial charge in [-0.25, -0.2) is 0 Å². The molecule has 1 heterocycles. The van der Waals surface area contributed by atoms with Crippen molar-refractivity contribution in [1.82, 2.24) is 9.80 Å². The molecular weight excluding hydrogens is 352 g/mol. The number of benzene rings is 2. The first-order valence-corrected chi connectivity index (χ1v) is 9.96. The van der Waals surface area contributed by atoms with E-state index >= 15 is 0 Å². The molecule has 0 aliphatic carbocycles. The van der Waals surface area contributed by atoms with E-state index in [-0.39, 0.29) is 24.5 Å². The van der Waals surface area contributed by atoms with Crippen LogP contribution in [0.25, 0.3) is 0 Å². The van der Waals surface area contributed by atoms with Crippen LogP contribution in [0.4, 0.5) is 0 Å². The molecule has 0 unspecified atom stereocenters. The zero-order valence-corrected chi connectivity index (χ0v) is 16.5. The van der Waals surface area contributed by atoms with E-state index < -0.39 is 0 Å². The first-order chi connectivity index (χ1) is 13.7. The van der Waals surface area contributed by atoms with Gasteiger partial charge >= 0.3 is 0 Å². The molecule has 2 aromatic carbocycles. The van der Waals surface area contributed by atoms with E-state index in [2.05, 4.69) is 29.2 Å². The summed E-state index contributed by atoms with van der Waals surface area (Å²) in [7, 11) is 0. The summed E-state index contributed by atoms with van der Waals surface area (Å²) in [6.07, 6.45) is 0.516. The molecule has 1 aliphatic heterocycles. The van der Waals surface area contributed by atoms with Gasteiger partial charge in [-0.2, -0.15) is 0 Å². The number of ether oxygens (including phenoxy) is 1. The maximum absolute atomic E-state index is 12.5. The molecule has 148 valence electrons. The third-order valence-electron chi connectivity index (χ3n) is 5.03. The molecule has 0 aromatic heterocycles. The van der Waals surface area contributed by atoms with Crippen molar-refractivity contribution >= 4 is 11.7 Å². The minimum absolute atomic E-state index is 0.000822. The molecule has 1 amide bonds. The lowest BCUT2D eigenvalue weighted by Gasteiger charge is -2.34. The molecule has 1 fully saturated rings. The highest BCUT2D eigenvalue weighted by Crippen LogP contribution is 2.15. The summed E-state index contributed by atoms with van der Waals surface area (Å²) >= 11 is 0. The van der Waals surface area contributed by atoms with Crippen molar-refractivity contribution in [3.8, 4) is 5.75 Å². The molecule has 1 saturated heterocycles. The molecule has 5 heteroatoms. The topological polar surface area (TPSA) is 49.9 Å². The Morgan fingerprint density at radius 2 is 1.57 bits per heavy atom. The first kappa shape index (κ1) is 20.1. The zero-order chi connectivity index (χ0) is 19.8. The molecule has 0 spiro atoms. The van der Waals surface area contributed by atoms with E-state index in [1.165, 1.54) is 5.56 Å². The van der Waals surface area contributed by atoms with Crippen LogP contribution in [0, 0.1) is 0 Å². The molecule has 0 N–H and O–H groups in total. The number of piperazine rings is 1. The number of amides is 1. The lowest BCUT2D eigenvalue weighted by molar-refractivity contribution is -0.132. The van der Waals surface area contributed by atoms with Crippen LogP contribution in [0.15, 0.2) is 54.6 Å². The van der Waals surface area contributed by atoms with Gasteiger partial charge in [0.1, 0.15) is 5.75 Å². The fraction of sp³-hybridized carbons (Fsp3) is 0.391. The maximum atomic E-state index is 12.5. The predicted octanol–water partition coefficient (Wildman–Crippen LogP) is 3.39. The van der Waals surface area contributed by atoms with Gasteiger partial charge in [0.15, 0.2) is 5.78 Å². The molecule has 1 aliphatic rings. The Kier molecular flexibility index (Phi) is 7.20. The van der Waals surface area contributed by atoms with E-state index in [1.807, 2.05) is 17.9 Å². The fourth-order valence-electron chi connectivity index (χ4n) is 3.42. The minimum atomic E-state index is -0.000822. The molecule has 5 nitrogen and oxygen atoms in total. The third-order valence-corrected chi connectivity index (χ3v) is 5.03. The number of Topliss-reactive ketones (excluding diaryl/α,β-unsaturated/α-hetero) is 1. The van der Waals surface area contributed by atoms with Crippen molar-refractivity contribution in [3.05, 3.63) is 65.7 Å². The SMILES string of the molecule is CCOc1ccc(C(=O)CCC(=O)N2CCN(Cc3ccccc3)CC2)cc1. The summed E-state index contributed by atoms with van der Waals surface area (Å²) in [6.45, 7) is 6.62. The van der Waals surface area contributed by atoms with E-state index in [9.17, 15) is 9.59 Å². The van der Waals surface area contributed by atoms with Crippen LogP contribution in [0.1, 0.15) is 35.7 Å². The highest BCUT2D eigenvalue weighted by Gasteiger charge is 2.21. The molecule has 0 saturated carbocycles. The second-order valence-electron chi connectivity index (χ2n) is 7.02. The van der Waals surface area contributed by atoms with Crippen molar-refractivity contribution in [2.24, 2.45) is 0 Å². The van der Waals surface area contributed by atoms with Crippen LogP contribution < -0.4 is 4.74 Å². The van der Waals surface area contributed by atoms with Gasteiger partial charge in [-0.3, -0.25) is 14.5 Å². The lowest BCUT2D eigenvalue weighted by Crippen LogP contribution is -2.48. The average Bonchev–Trinajstić information content (AvgIpc) is 2.74. The van der Waals surface area contributed by atoms with Crippen molar-refractivity contribution < 1.29 is 14.3 Å². The Labute approximate surface area is 166 Å². The van der Waals surface area contributed by atoms with Gasteiger partial charge in [-0.1, -0.05) is 30.3 Å². The number of hydrogen-bond acceptors (Lipinski definition) is 4. The number of carbonyl (C=O) groups excluding carboxylic acids is 2. The normalized spacial score (nSPS) is 14.7. The molecule has 3 rings (SSSR count). The van der Waals surface area contributed by atoms with Gasteiger partial charge in [0.05, 0.1) is 6.61 Å². The highest BCUT2D eigenvalue weighted by molar-refractivity contribution is 5.98. The number of ketones is 1. The Morgan fingerprint density at radius 1 is 0.893 bits per heavy atom. The number of carbonyl (C=O) groups is 2. The van der Waals surface area contributed by atoms with Crippen molar-refractivity contribution in [3.63, 3.8) is 0 Å². The second kappa shape index (κ2) is 10.0. The lowest BCUT2D eigenvalue weighted by atomic mass is 10.1. The van der Waals surface area contributed by atoms with E-state index in [4.69, 9.17) is 4.74 Å². The van der Waals surface area contributed by atoms with Gasteiger partial charge in [-0.15, -0.1) is 0 Å².